The molecule has 2 aromatic carbocycles. The molecule has 8 nitrogen and oxygen atoms in total. The molecule has 1 amide bonds. The Labute approximate surface area is 216 Å². The summed E-state index contributed by atoms with van der Waals surface area (Å²) in [6.07, 6.45) is 3.06. The molecule has 2 N–H and O–H groups in total. The summed E-state index contributed by atoms with van der Waals surface area (Å²) in [7, 11) is -1.32. The van der Waals surface area contributed by atoms with Crippen LogP contribution in [0, 0.1) is 13.8 Å². The first-order chi connectivity index (χ1) is 17.7. The van der Waals surface area contributed by atoms with Crippen LogP contribution in [0.2, 0.25) is 0 Å². The van der Waals surface area contributed by atoms with Crippen molar-refractivity contribution in [2.24, 2.45) is 0 Å². The maximum atomic E-state index is 12.9. The van der Waals surface area contributed by atoms with Crippen molar-refractivity contribution in [3.05, 3.63) is 53.7 Å². The van der Waals surface area contributed by atoms with E-state index in [9.17, 15) is 13.2 Å². The molecule has 0 radical (unpaired) electrons. The number of aromatic nitrogens is 2. The Morgan fingerprint density at radius 1 is 1.19 bits per heavy atom. The first kappa shape index (κ1) is 25.2. The summed E-state index contributed by atoms with van der Waals surface area (Å²) in [6.45, 7) is 7.38. The minimum absolute atomic E-state index is 0.0153. The van der Waals surface area contributed by atoms with Gasteiger partial charge in [0, 0.05) is 28.6 Å². The van der Waals surface area contributed by atoms with Gasteiger partial charge in [-0.25, -0.2) is 18.2 Å². The molecule has 0 saturated carbocycles. The van der Waals surface area contributed by atoms with Gasteiger partial charge in [0.2, 0.25) is 0 Å². The Kier molecular flexibility index (Phi) is 6.68. The fraction of sp³-hybridized carbons (Fsp3) is 0.357. The Balaban J connectivity index is 1.63. The van der Waals surface area contributed by atoms with Gasteiger partial charge in [-0.2, -0.15) is 0 Å². The fourth-order valence-corrected chi connectivity index (χ4v) is 5.90. The van der Waals surface area contributed by atoms with Crippen molar-refractivity contribution in [1.82, 2.24) is 20.2 Å². The maximum Gasteiger partial charge on any atom is 0.412 e. The van der Waals surface area contributed by atoms with Crippen LogP contribution in [-0.4, -0.2) is 61.3 Å². The number of nitrogens with zero attached hydrogens (tertiary/aromatic N) is 2. The first-order valence-electron chi connectivity index (χ1n) is 12.6. The third kappa shape index (κ3) is 4.93. The van der Waals surface area contributed by atoms with Gasteiger partial charge in [0.15, 0.2) is 9.84 Å². The number of amides is 1. The summed E-state index contributed by atoms with van der Waals surface area (Å²) in [5.74, 6) is 0.432. The van der Waals surface area contributed by atoms with Crippen molar-refractivity contribution in [2.75, 3.05) is 25.9 Å². The molecule has 0 bridgehead atoms. The summed E-state index contributed by atoms with van der Waals surface area (Å²) >= 11 is 0. The monoisotopic (exact) mass is 520 g/mol. The van der Waals surface area contributed by atoms with Crippen LogP contribution in [0.3, 0.4) is 0 Å². The minimum Gasteiger partial charge on any atom is -0.410 e. The standard InChI is InChI=1S/C28H32N4O4S/c1-5-37(34,35)21-8-6-7-19(14-21)22-15-24(36-28(33)30-20-9-11-32(4)12-10-20)18(3)26-25(22)23-13-17(2)16-29-27(23)31-26/h6-8,13-16,20H,5,9-12H2,1-4H3,(H,29,31)(H,30,33). The van der Waals surface area contributed by atoms with Gasteiger partial charge in [-0.15, -0.1) is 0 Å². The van der Waals surface area contributed by atoms with Crippen molar-refractivity contribution in [3.8, 4) is 16.9 Å². The number of aryl methyl sites for hydroxylation is 2. The second kappa shape index (κ2) is 9.79. The molecule has 5 rings (SSSR count). The van der Waals surface area contributed by atoms with Crippen LogP contribution in [0.1, 0.15) is 30.9 Å². The molecule has 194 valence electrons. The minimum atomic E-state index is -3.39. The molecule has 0 spiro atoms. The largest absolute Gasteiger partial charge is 0.412 e. The molecule has 4 aromatic rings. The quantitative estimate of drug-likeness (QED) is 0.385. The highest BCUT2D eigenvalue weighted by Crippen LogP contribution is 2.41. The van der Waals surface area contributed by atoms with Gasteiger partial charge in [0.05, 0.1) is 16.2 Å². The molecular weight excluding hydrogens is 488 g/mol. The van der Waals surface area contributed by atoms with Crippen molar-refractivity contribution >= 4 is 37.9 Å². The van der Waals surface area contributed by atoms with E-state index in [1.54, 1.807) is 31.3 Å². The Morgan fingerprint density at radius 3 is 2.68 bits per heavy atom. The number of ether oxygens (including phenoxy) is 1. The van der Waals surface area contributed by atoms with Crippen molar-refractivity contribution < 1.29 is 17.9 Å². The number of carbonyl (C=O) groups excluding carboxylic acids is 1. The topological polar surface area (TPSA) is 104 Å². The Bertz CT molecular complexity index is 1600. The van der Waals surface area contributed by atoms with E-state index < -0.39 is 15.9 Å². The van der Waals surface area contributed by atoms with Crippen LogP contribution in [0.5, 0.6) is 5.75 Å². The van der Waals surface area contributed by atoms with E-state index in [1.807, 2.05) is 26.0 Å². The van der Waals surface area contributed by atoms with Gasteiger partial charge >= 0.3 is 6.09 Å². The maximum absolute atomic E-state index is 12.9. The van der Waals surface area contributed by atoms with Gasteiger partial charge in [-0.3, -0.25) is 0 Å². The number of carbonyl (C=O) groups is 1. The van der Waals surface area contributed by atoms with E-state index in [1.165, 1.54) is 0 Å². The summed E-state index contributed by atoms with van der Waals surface area (Å²) in [4.78, 5) is 23.4. The fourth-order valence-electron chi connectivity index (χ4n) is 4.98. The number of benzene rings is 2. The van der Waals surface area contributed by atoms with Crippen LogP contribution in [0.15, 0.2) is 47.5 Å². The number of likely N-dealkylation sites (tertiary alicyclic amines) is 1. The number of nitrogens with one attached hydrogen (secondary N) is 2. The number of sulfone groups is 1. The highest BCUT2D eigenvalue weighted by Gasteiger charge is 2.23. The zero-order valence-electron chi connectivity index (χ0n) is 21.6. The SMILES string of the molecule is CCS(=O)(=O)c1cccc(-c2cc(OC(=O)NC3CCN(C)CC3)c(C)c3[nH]c4ncc(C)cc4c23)c1. The molecule has 0 aliphatic carbocycles. The predicted octanol–water partition coefficient (Wildman–Crippen LogP) is 4.98. The van der Waals surface area contributed by atoms with Crippen molar-refractivity contribution in [1.29, 1.82) is 0 Å². The Hall–Kier alpha value is -3.43. The molecule has 37 heavy (non-hydrogen) atoms. The number of H-pyrrole nitrogens is 1. The number of rotatable bonds is 5. The smallest absolute Gasteiger partial charge is 0.410 e. The van der Waals surface area contributed by atoms with Crippen LogP contribution in [0.4, 0.5) is 4.79 Å². The van der Waals surface area contributed by atoms with E-state index in [0.29, 0.717) is 5.75 Å². The number of piperidine rings is 1. The van der Waals surface area contributed by atoms with Crippen molar-refractivity contribution in [3.63, 3.8) is 0 Å². The van der Waals surface area contributed by atoms with Gasteiger partial charge in [-0.1, -0.05) is 19.1 Å². The molecule has 0 atom stereocenters. The second-order valence-corrected chi connectivity index (χ2v) is 12.2. The van der Waals surface area contributed by atoms with Gasteiger partial charge in [0.1, 0.15) is 11.4 Å². The van der Waals surface area contributed by atoms with Gasteiger partial charge in [0.25, 0.3) is 0 Å². The van der Waals surface area contributed by atoms with E-state index in [4.69, 9.17) is 4.74 Å². The lowest BCUT2D eigenvalue weighted by Crippen LogP contribution is -2.44. The first-order valence-corrected chi connectivity index (χ1v) is 14.2. The zero-order valence-corrected chi connectivity index (χ0v) is 22.4. The molecule has 3 heterocycles. The molecule has 1 aliphatic rings. The summed E-state index contributed by atoms with van der Waals surface area (Å²) in [5.41, 5.74) is 4.81. The Morgan fingerprint density at radius 2 is 1.95 bits per heavy atom. The summed E-state index contributed by atoms with van der Waals surface area (Å²) < 4.78 is 31.1. The van der Waals surface area contributed by atoms with E-state index in [-0.39, 0.29) is 16.7 Å². The summed E-state index contributed by atoms with van der Waals surface area (Å²) in [6, 6.07) is 10.9. The lowest BCUT2D eigenvalue weighted by Gasteiger charge is -2.29. The van der Waals surface area contributed by atoms with Crippen LogP contribution in [0.25, 0.3) is 33.1 Å². The van der Waals surface area contributed by atoms with E-state index >= 15 is 0 Å². The molecule has 1 aliphatic heterocycles. The average Bonchev–Trinajstić information content (AvgIpc) is 3.26. The molecule has 9 heteroatoms. The second-order valence-electron chi connectivity index (χ2n) is 9.87. The average molecular weight is 521 g/mol. The number of pyridine rings is 1. The number of aromatic amines is 1. The van der Waals surface area contributed by atoms with Crippen molar-refractivity contribution in [2.45, 2.75) is 44.6 Å². The predicted molar refractivity (Wildman–Crippen MR) is 146 cm³/mol. The third-order valence-corrected chi connectivity index (χ3v) is 8.94. The number of fused-ring (bicyclic) bond motifs is 3. The van der Waals surface area contributed by atoms with Gasteiger partial charge in [-0.05, 0) is 87.8 Å². The normalized spacial score (nSPS) is 15.4. The van der Waals surface area contributed by atoms with E-state index in [2.05, 4.69) is 33.3 Å². The van der Waals surface area contributed by atoms with E-state index in [0.717, 1.165) is 70.1 Å². The summed E-state index contributed by atoms with van der Waals surface area (Å²) in [5, 5.41) is 4.85. The molecule has 2 aromatic heterocycles. The lowest BCUT2D eigenvalue weighted by molar-refractivity contribution is 0.182. The molecule has 1 fully saturated rings. The van der Waals surface area contributed by atoms with Gasteiger partial charge < -0.3 is 19.9 Å². The molecule has 1 saturated heterocycles. The third-order valence-electron chi connectivity index (χ3n) is 7.20. The molecule has 0 unspecified atom stereocenters. The molecular formula is C28H32N4O4S. The zero-order chi connectivity index (χ0) is 26.3. The lowest BCUT2D eigenvalue weighted by atomic mass is 9.97. The highest BCUT2D eigenvalue weighted by atomic mass is 32.2. The highest BCUT2D eigenvalue weighted by molar-refractivity contribution is 7.91. The van der Waals surface area contributed by atoms with Crippen LogP contribution >= 0.6 is 0 Å². The number of hydrogen-bond donors (Lipinski definition) is 2. The van der Waals surface area contributed by atoms with Crippen LogP contribution < -0.4 is 10.1 Å². The number of hydrogen-bond acceptors (Lipinski definition) is 6. The van der Waals surface area contributed by atoms with Crippen LogP contribution in [-0.2, 0) is 9.84 Å².